The van der Waals surface area contributed by atoms with Crippen molar-refractivity contribution in [2.45, 2.75) is 0 Å². The SMILES string of the molecule is COc1ccc(OC(=O)c2cnccn2)c([N+](=O)[O-])c1. The molecule has 0 bridgehead atoms. The van der Waals surface area contributed by atoms with Crippen LogP contribution in [0.25, 0.3) is 0 Å². The molecule has 102 valence electrons. The average molecular weight is 275 g/mol. The summed E-state index contributed by atoms with van der Waals surface area (Å²) in [5, 5.41) is 10.9. The van der Waals surface area contributed by atoms with Crippen LogP contribution in [0.5, 0.6) is 11.5 Å². The van der Waals surface area contributed by atoms with Gasteiger partial charge >= 0.3 is 11.7 Å². The lowest BCUT2D eigenvalue weighted by Gasteiger charge is -2.05. The van der Waals surface area contributed by atoms with E-state index in [0.29, 0.717) is 0 Å². The molecule has 20 heavy (non-hydrogen) atoms. The number of hydrogen-bond donors (Lipinski definition) is 0. The van der Waals surface area contributed by atoms with Crippen molar-refractivity contribution in [1.82, 2.24) is 9.97 Å². The second kappa shape index (κ2) is 5.74. The quantitative estimate of drug-likeness (QED) is 0.361. The van der Waals surface area contributed by atoms with Gasteiger partial charge in [-0.3, -0.25) is 15.1 Å². The maximum atomic E-state index is 11.8. The highest BCUT2D eigenvalue weighted by atomic mass is 16.6. The summed E-state index contributed by atoms with van der Waals surface area (Å²) in [6.45, 7) is 0. The van der Waals surface area contributed by atoms with Crippen LogP contribution in [0.2, 0.25) is 0 Å². The largest absolute Gasteiger partial charge is 0.496 e. The summed E-state index contributed by atoms with van der Waals surface area (Å²) in [6.07, 6.45) is 3.92. The number of aromatic nitrogens is 2. The first-order valence-electron chi connectivity index (χ1n) is 5.42. The molecule has 2 rings (SSSR count). The van der Waals surface area contributed by atoms with E-state index in [1.807, 2.05) is 0 Å². The first-order chi connectivity index (χ1) is 9.61. The number of hydrogen-bond acceptors (Lipinski definition) is 7. The number of carbonyl (C=O) groups excluding carboxylic acids is 1. The third-order valence-corrected chi connectivity index (χ3v) is 2.34. The molecule has 1 aromatic carbocycles. The van der Waals surface area contributed by atoms with Crippen LogP contribution < -0.4 is 9.47 Å². The summed E-state index contributed by atoms with van der Waals surface area (Å²) in [6, 6.07) is 3.90. The summed E-state index contributed by atoms with van der Waals surface area (Å²) in [5.41, 5.74) is -0.417. The van der Waals surface area contributed by atoms with Crippen molar-refractivity contribution in [1.29, 1.82) is 0 Å². The molecular formula is C12H9N3O5. The summed E-state index contributed by atoms with van der Waals surface area (Å²) < 4.78 is 9.84. The molecule has 0 amide bonds. The molecule has 0 fully saturated rings. The minimum atomic E-state index is -0.827. The Hall–Kier alpha value is -3.03. The second-order valence-electron chi connectivity index (χ2n) is 3.57. The Bertz CT molecular complexity index is 645. The second-order valence-corrected chi connectivity index (χ2v) is 3.57. The fourth-order valence-corrected chi connectivity index (χ4v) is 1.41. The maximum Gasteiger partial charge on any atom is 0.364 e. The predicted octanol–water partition coefficient (Wildman–Crippen LogP) is 1.61. The molecule has 2 aromatic rings. The van der Waals surface area contributed by atoms with Crippen molar-refractivity contribution in [2.75, 3.05) is 7.11 Å². The van der Waals surface area contributed by atoms with Gasteiger partial charge in [-0.15, -0.1) is 0 Å². The molecule has 1 aromatic heterocycles. The zero-order chi connectivity index (χ0) is 14.5. The molecule has 0 atom stereocenters. The average Bonchev–Trinajstić information content (AvgIpc) is 2.48. The Morgan fingerprint density at radius 2 is 2.15 bits per heavy atom. The molecule has 0 aliphatic rings. The van der Waals surface area contributed by atoms with Crippen molar-refractivity contribution in [3.63, 3.8) is 0 Å². The van der Waals surface area contributed by atoms with Gasteiger partial charge < -0.3 is 9.47 Å². The van der Waals surface area contributed by atoms with Crippen LogP contribution in [0.4, 0.5) is 5.69 Å². The standard InChI is InChI=1S/C12H9N3O5/c1-19-8-2-3-11(10(6-8)15(17)18)20-12(16)9-7-13-4-5-14-9/h2-7H,1H3. The molecule has 0 radical (unpaired) electrons. The molecule has 0 saturated heterocycles. The molecule has 0 saturated carbocycles. The van der Waals surface area contributed by atoms with Crippen molar-refractivity contribution < 1.29 is 19.2 Å². The van der Waals surface area contributed by atoms with E-state index in [2.05, 4.69) is 9.97 Å². The first-order valence-corrected chi connectivity index (χ1v) is 5.42. The Morgan fingerprint density at radius 1 is 1.35 bits per heavy atom. The van der Waals surface area contributed by atoms with Gasteiger partial charge in [0.1, 0.15) is 5.75 Å². The van der Waals surface area contributed by atoms with E-state index in [1.54, 1.807) is 0 Å². The number of benzene rings is 1. The minimum absolute atomic E-state index is 0.0439. The van der Waals surface area contributed by atoms with E-state index >= 15 is 0 Å². The smallest absolute Gasteiger partial charge is 0.364 e. The van der Waals surface area contributed by atoms with E-state index < -0.39 is 10.9 Å². The molecule has 8 nitrogen and oxygen atoms in total. The van der Waals surface area contributed by atoms with Gasteiger partial charge in [0.2, 0.25) is 5.75 Å². The molecule has 0 aliphatic carbocycles. The number of ether oxygens (including phenoxy) is 2. The lowest BCUT2D eigenvalue weighted by atomic mass is 10.3. The summed E-state index contributed by atoms with van der Waals surface area (Å²) in [7, 11) is 1.38. The van der Waals surface area contributed by atoms with Gasteiger partial charge in [0.25, 0.3) is 0 Å². The fraction of sp³-hybridized carbons (Fsp3) is 0.0833. The number of nitro benzene ring substituents is 1. The van der Waals surface area contributed by atoms with Gasteiger partial charge in [-0.2, -0.15) is 0 Å². The van der Waals surface area contributed by atoms with E-state index in [-0.39, 0.29) is 22.9 Å². The topological polar surface area (TPSA) is 104 Å². The normalized spacial score (nSPS) is 9.85. The van der Waals surface area contributed by atoms with Gasteiger partial charge in [0.15, 0.2) is 5.69 Å². The van der Waals surface area contributed by atoms with Gasteiger partial charge in [-0.25, -0.2) is 9.78 Å². The highest BCUT2D eigenvalue weighted by Gasteiger charge is 2.20. The molecule has 1 heterocycles. The van der Waals surface area contributed by atoms with Crippen LogP contribution in [0.15, 0.2) is 36.8 Å². The summed E-state index contributed by atoms with van der Waals surface area (Å²) >= 11 is 0. The number of nitrogens with zero attached hydrogens (tertiary/aromatic N) is 3. The van der Waals surface area contributed by atoms with Gasteiger partial charge in [-0.05, 0) is 12.1 Å². The lowest BCUT2D eigenvalue weighted by molar-refractivity contribution is -0.385. The van der Waals surface area contributed by atoms with Crippen molar-refractivity contribution in [3.8, 4) is 11.5 Å². The number of esters is 1. The molecule has 0 aliphatic heterocycles. The molecular weight excluding hydrogens is 266 g/mol. The van der Waals surface area contributed by atoms with Gasteiger partial charge in [-0.1, -0.05) is 0 Å². The third-order valence-electron chi connectivity index (χ3n) is 2.34. The van der Waals surface area contributed by atoms with Crippen LogP contribution in [0.1, 0.15) is 10.5 Å². The lowest BCUT2D eigenvalue weighted by Crippen LogP contribution is -2.11. The Morgan fingerprint density at radius 3 is 2.75 bits per heavy atom. The monoisotopic (exact) mass is 275 g/mol. The van der Waals surface area contributed by atoms with E-state index in [9.17, 15) is 14.9 Å². The predicted molar refractivity (Wildman–Crippen MR) is 66.6 cm³/mol. The summed E-state index contributed by atoms with van der Waals surface area (Å²) in [5.74, 6) is -0.728. The third kappa shape index (κ3) is 2.86. The Labute approximate surface area is 113 Å². The van der Waals surface area contributed by atoms with Crippen molar-refractivity contribution in [2.24, 2.45) is 0 Å². The van der Waals surface area contributed by atoms with Crippen LogP contribution in [0, 0.1) is 10.1 Å². The van der Waals surface area contributed by atoms with Crippen LogP contribution in [-0.2, 0) is 0 Å². The zero-order valence-electron chi connectivity index (χ0n) is 10.3. The van der Waals surface area contributed by atoms with Gasteiger partial charge in [0, 0.05) is 12.4 Å². The van der Waals surface area contributed by atoms with E-state index in [0.717, 1.165) is 0 Å². The summed E-state index contributed by atoms with van der Waals surface area (Å²) in [4.78, 5) is 29.5. The van der Waals surface area contributed by atoms with Crippen LogP contribution in [-0.4, -0.2) is 28.0 Å². The number of carbonyl (C=O) groups is 1. The van der Waals surface area contributed by atoms with E-state index in [1.165, 1.54) is 43.9 Å². The van der Waals surface area contributed by atoms with Gasteiger partial charge in [0.05, 0.1) is 24.3 Å². The highest BCUT2D eigenvalue weighted by Crippen LogP contribution is 2.31. The first kappa shape index (κ1) is 13.4. The number of nitro groups is 1. The number of methoxy groups -OCH3 is 1. The van der Waals surface area contributed by atoms with Crippen molar-refractivity contribution >= 4 is 11.7 Å². The van der Waals surface area contributed by atoms with Crippen LogP contribution >= 0.6 is 0 Å². The molecule has 0 spiro atoms. The number of rotatable bonds is 4. The highest BCUT2D eigenvalue weighted by molar-refractivity contribution is 5.89. The van der Waals surface area contributed by atoms with Crippen LogP contribution in [0.3, 0.4) is 0 Å². The maximum absolute atomic E-state index is 11.8. The zero-order valence-corrected chi connectivity index (χ0v) is 10.3. The molecule has 0 unspecified atom stereocenters. The Kier molecular flexibility index (Phi) is 3.85. The van der Waals surface area contributed by atoms with E-state index in [4.69, 9.17) is 9.47 Å². The molecule has 0 N–H and O–H groups in total. The van der Waals surface area contributed by atoms with Crippen molar-refractivity contribution in [3.05, 3.63) is 52.6 Å². The minimum Gasteiger partial charge on any atom is -0.496 e. The Balaban J connectivity index is 2.29. The fourth-order valence-electron chi connectivity index (χ4n) is 1.41. The molecule has 8 heteroatoms.